The molecule has 0 spiro atoms. The maximum Gasteiger partial charge on any atom is 0.407 e. The van der Waals surface area contributed by atoms with E-state index < -0.39 is 11.7 Å². The quantitative estimate of drug-likeness (QED) is 0.699. The summed E-state index contributed by atoms with van der Waals surface area (Å²) in [5.41, 5.74) is -0.468. The summed E-state index contributed by atoms with van der Waals surface area (Å²) >= 11 is 0. The second kappa shape index (κ2) is 4.39. The van der Waals surface area contributed by atoms with Gasteiger partial charge in [-0.25, -0.2) is 4.79 Å². The largest absolute Gasteiger partial charge is 0.444 e. The van der Waals surface area contributed by atoms with Crippen LogP contribution in [0.3, 0.4) is 0 Å². The molecule has 0 aromatic rings. The minimum Gasteiger partial charge on any atom is -0.444 e. The highest BCUT2D eigenvalue weighted by molar-refractivity contribution is 5.68. The summed E-state index contributed by atoms with van der Waals surface area (Å²) in [6, 6.07) is 0.0369. The van der Waals surface area contributed by atoms with E-state index in [1.165, 1.54) is 0 Å². The maximum atomic E-state index is 11.5. The molecule has 4 heteroatoms. The van der Waals surface area contributed by atoms with Crippen molar-refractivity contribution in [2.24, 2.45) is 5.92 Å². The van der Waals surface area contributed by atoms with Crippen LogP contribution in [-0.2, 0) is 4.74 Å². The van der Waals surface area contributed by atoms with E-state index in [0.29, 0.717) is 12.3 Å². The van der Waals surface area contributed by atoms with Gasteiger partial charge in [0.25, 0.3) is 0 Å². The normalized spacial score (nSPS) is 31.4. The summed E-state index contributed by atoms with van der Waals surface area (Å²) in [5.74, 6) is 0.313. The smallest absolute Gasteiger partial charge is 0.407 e. The first-order chi connectivity index (χ1) is 6.78. The fourth-order valence-corrected chi connectivity index (χ4v) is 1.88. The van der Waals surface area contributed by atoms with Crippen molar-refractivity contribution < 1.29 is 14.6 Å². The number of carbonyl (C=O) groups excluding carboxylic acids is 1. The number of amides is 1. The van der Waals surface area contributed by atoms with Gasteiger partial charge in [0.15, 0.2) is 0 Å². The summed E-state index contributed by atoms with van der Waals surface area (Å²) in [7, 11) is 0. The first kappa shape index (κ1) is 12.3. The second-order valence-electron chi connectivity index (χ2n) is 5.36. The molecule has 4 nitrogen and oxygen atoms in total. The summed E-state index contributed by atoms with van der Waals surface area (Å²) in [6.07, 6.45) is 0.689. The monoisotopic (exact) mass is 215 g/mol. The van der Waals surface area contributed by atoms with Gasteiger partial charge in [0.2, 0.25) is 0 Å². The molecular weight excluding hydrogens is 194 g/mol. The topological polar surface area (TPSA) is 58.6 Å². The zero-order chi connectivity index (χ0) is 11.6. The van der Waals surface area contributed by atoms with Crippen LogP contribution in [-0.4, -0.2) is 28.9 Å². The fraction of sp³-hybridized carbons (Fsp3) is 0.909. The molecule has 1 saturated carbocycles. The van der Waals surface area contributed by atoms with Crippen molar-refractivity contribution in [2.75, 3.05) is 0 Å². The van der Waals surface area contributed by atoms with Gasteiger partial charge in [-0.2, -0.15) is 0 Å². The molecular formula is C11H21NO3. The van der Waals surface area contributed by atoms with Crippen molar-refractivity contribution in [1.82, 2.24) is 5.32 Å². The predicted octanol–water partition coefficient (Wildman–Crippen LogP) is 1.67. The molecule has 15 heavy (non-hydrogen) atoms. The van der Waals surface area contributed by atoms with Gasteiger partial charge in [-0.3, -0.25) is 0 Å². The summed E-state index contributed by atoms with van der Waals surface area (Å²) in [4.78, 5) is 11.5. The Morgan fingerprint density at radius 3 is 2.40 bits per heavy atom. The molecule has 0 heterocycles. The standard InChI is InChI=1S/C11H21NO3/c1-7-5-8(13)6-9(7)12-10(14)15-11(2,3)4/h7-9,13H,5-6H2,1-4H3,(H,12,14)/t7-,8-,9-/m1/s1. The number of aliphatic hydroxyl groups excluding tert-OH is 1. The van der Waals surface area contributed by atoms with Gasteiger partial charge in [0.05, 0.1) is 6.10 Å². The number of hydrogen-bond acceptors (Lipinski definition) is 3. The molecule has 1 rings (SSSR count). The highest BCUT2D eigenvalue weighted by Gasteiger charge is 2.32. The van der Waals surface area contributed by atoms with Crippen LogP contribution in [0.4, 0.5) is 4.79 Å². The van der Waals surface area contributed by atoms with E-state index in [2.05, 4.69) is 5.32 Å². The molecule has 2 N–H and O–H groups in total. The average molecular weight is 215 g/mol. The van der Waals surface area contributed by atoms with Crippen molar-refractivity contribution >= 4 is 6.09 Å². The minimum absolute atomic E-state index is 0.0369. The van der Waals surface area contributed by atoms with E-state index in [1.54, 1.807) is 0 Å². The van der Waals surface area contributed by atoms with Crippen LogP contribution < -0.4 is 5.32 Å². The fourth-order valence-electron chi connectivity index (χ4n) is 1.88. The highest BCUT2D eigenvalue weighted by atomic mass is 16.6. The van der Waals surface area contributed by atoms with Gasteiger partial charge in [0, 0.05) is 6.04 Å². The van der Waals surface area contributed by atoms with Crippen LogP contribution in [0.1, 0.15) is 40.5 Å². The third-order valence-corrected chi connectivity index (χ3v) is 2.56. The van der Waals surface area contributed by atoms with E-state index in [9.17, 15) is 9.90 Å². The van der Waals surface area contributed by atoms with Crippen molar-refractivity contribution in [3.05, 3.63) is 0 Å². The molecule has 1 fully saturated rings. The number of ether oxygens (including phenoxy) is 1. The van der Waals surface area contributed by atoms with Gasteiger partial charge >= 0.3 is 6.09 Å². The van der Waals surface area contributed by atoms with Crippen LogP contribution in [0.25, 0.3) is 0 Å². The van der Waals surface area contributed by atoms with E-state index in [4.69, 9.17) is 4.74 Å². The van der Waals surface area contributed by atoms with E-state index in [-0.39, 0.29) is 12.1 Å². The Morgan fingerprint density at radius 1 is 1.40 bits per heavy atom. The van der Waals surface area contributed by atoms with Crippen molar-refractivity contribution in [1.29, 1.82) is 0 Å². The minimum atomic E-state index is -0.468. The summed E-state index contributed by atoms with van der Waals surface area (Å²) in [5, 5.41) is 12.2. The number of alkyl carbamates (subject to hydrolysis) is 1. The van der Waals surface area contributed by atoms with E-state index >= 15 is 0 Å². The van der Waals surface area contributed by atoms with Crippen molar-refractivity contribution in [3.8, 4) is 0 Å². The second-order valence-corrected chi connectivity index (χ2v) is 5.36. The SMILES string of the molecule is C[C@@H]1C[C@@H](O)C[C@H]1NC(=O)OC(C)(C)C. The number of aliphatic hydroxyl groups is 1. The van der Waals surface area contributed by atoms with Gasteiger partial charge in [-0.15, -0.1) is 0 Å². The molecule has 0 bridgehead atoms. The Kier molecular flexibility index (Phi) is 3.60. The Hall–Kier alpha value is -0.770. The lowest BCUT2D eigenvalue weighted by atomic mass is 10.1. The Bertz CT molecular complexity index is 234. The van der Waals surface area contributed by atoms with Gasteiger partial charge < -0.3 is 15.2 Å². The molecule has 0 saturated heterocycles. The Labute approximate surface area is 91.0 Å². The van der Waals surface area contributed by atoms with Gasteiger partial charge in [-0.05, 0) is 39.5 Å². The lowest BCUT2D eigenvalue weighted by Crippen LogP contribution is -2.40. The van der Waals surface area contributed by atoms with Crippen molar-refractivity contribution in [3.63, 3.8) is 0 Å². The number of carbonyl (C=O) groups is 1. The zero-order valence-corrected chi connectivity index (χ0v) is 9.91. The number of nitrogens with one attached hydrogen (secondary N) is 1. The molecule has 88 valence electrons. The molecule has 3 atom stereocenters. The molecule has 0 aromatic heterocycles. The van der Waals surface area contributed by atoms with E-state index in [0.717, 1.165) is 6.42 Å². The molecule has 1 aliphatic carbocycles. The summed E-state index contributed by atoms with van der Waals surface area (Å²) in [6.45, 7) is 7.52. The zero-order valence-electron chi connectivity index (χ0n) is 9.91. The lowest BCUT2D eigenvalue weighted by Gasteiger charge is -2.23. The Balaban J connectivity index is 2.39. The third kappa shape index (κ3) is 4.08. The average Bonchev–Trinajstić information content (AvgIpc) is 2.25. The molecule has 1 amide bonds. The Morgan fingerprint density at radius 2 is 2.00 bits per heavy atom. The first-order valence-corrected chi connectivity index (χ1v) is 5.45. The molecule has 0 unspecified atom stereocenters. The van der Waals surface area contributed by atoms with Crippen LogP contribution >= 0.6 is 0 Å². The van der Waals surface area contributed by atoms with Crippen LogP contribution in [0.15, 0.2) is 0 Å². The predicted molar refractivity (Wildman–Crippen MR) is 57.6 cm³/mol. The number of hydrogen-bond donors (Lipinski definition) is 2. The lowest BCUT2D eigenvalue weighted by molar-refractivity contribution is 0.0493. The maximum absolute atomic E-state index is 11.5. The van der Waals surface area contributed by atoms with Gasteiger partial charge in [0.1, 0.15) is 5.60 Å². The van der Waals surface area contributed by atoms with Crippen LogP contribution in [0.5, 0.6) is 0 Å². The van der Waals surface area contributed by atoms with Gasteiger partial charge in [-0.1, -0.05) is 6.92 Å². The number of rotatable bonds is 1. The first-order valence-electron chi connectivity index (χ1n) is 5.45. The van der Waals surface area contributed by atoms with Crippen molar-refractivity contribution in [2.45, 2.75) is 58.3 Å². The molecule has 0 aliphatic heterocycles. The summed E-state index contributed by atoms with van der Waals surface area (Å²) < 4.78 is 5.15. The molecule has 0 radical (unpaired) electrons. The molecule has 1 aliphatic rings. The highest BCUT2D eigenvalue weighted by Crippen LogP contribution is 2.25. The van der Waals surface area contributed by atoms with E-state index in [1.807, 2.05) is 27.7 Å². The van der Waals surface area contributed by atoms with Crippen LogP contribution in [0.2, 0.25) is 0 Å². The van der Waals surface area contributed by atoms with Crippen LogP contribution in [0, 0.1) is 5.92 Å². The molecule has 0 aromatic carbocycles. The third-order valence-electron chi connectivity index (χ3n) is 2.56.